The molecular weight excluding hydrogens is 156 g/mol. The van der Waals surface area contributed by atoms with Crippen molar-refractivity contribution in [2.24, 2.45) is 0 Å². The van der Waals surface area contributed by atoms with Crippen molar-refractivity contribution in [3.8, 4) is 0 Å². The lowest BCUT2D eigenvalue weighted by atomic mass is 9.97. The zero-order chi connectivity index (χ0) is 9.41. The zero-order valence-corrected chi connectivity index (χ0v) is 8.26. The fraction of sp³-hybridized carbons (Fsp3) is 1.00. The van der Waals surface area contributed by atoms with E-state index in [0.29, 0.717) is 0 Å². The van der Waals surface area contributed by atoms with Crippen LogP contribution in [0.25, 0.3) is 0 Å². The summed E-state index contributed by atoms with van der Waals surface area (Å²) in [7, 11) is 0. The average Bonchev–Trinajstić information content (AvgIpc) is 1.82. The number of hydrogen-bond donors (Lipinski definition) is 1. The lowest BCUT2D eigenvalue weighted by molar-refractivity contribution is -0.332. The first-order chi connectivity index (χ1) is 5.37. The maximum Gasteiger partial charge on any atom is 0.163 e. The Bertz CT molecular complexity index is 167. The van der Waals surface area contributed by atoms with Crippen molar-refractivity contribution in [2.75, 3.05) is 6.61 Å². The molecule has 0 radical (unpaired) electrons. The molecule has 1 N–H and O–H groups in total. The largest absolute Gasteiger partial charge is 0.393 e. The summed E-state index contributed by atoms with van der Waals surface area (Å²) in [5.74, 6) is -0.574. The second-order valence-corrected chi connectivity index (χ2v) is 4.24. The van der Waals surface area contributed by atoms with E-state index in [0.717, 1.165) is 6.42 Å². The third kappa shape index (κ3) is 2.19. The van der Waals surface area contributed by atoms with Gasteiger partial charge >= 0.3 is 0 Å². The Morgan fingerprint density at radius 2 is 2.00 bits per heavy atom. The van der Waals surface area contributed by atoms with Crippen molar-refractivity contribution in [2.45, 2.75) is 51.6 Å². The molecule has 3 nitrogen and oxygen atoms in total. The molecule has 1 saturated heterocycles. The van der Waals surface area contributed by atoms with Crippen LogP contribution in [-0.4, -0.2) is 29.2 Å². The molecule has 1 rings (SSSR count). The lowest BCUT2D eigenvalue weighted by Crippen LogP contribution is -2.51. The molecular formula is C9H18O3. The Hall–Kier alpha value is -0.120. The molecule has 0 aliphatic carbocycles. The molecule has 0 aromatic heterocycles. The Balaban J connectivity index is 2.70. The van der Waals surface area contributed by atoms with Gasteiger partial charge in [-0.15, -0.1) is 0 Å². The van der Waals surface area contributed by atoms with Gasteiger partial charge in [0.05, 0.1) is 18.3 Å². The topological polar surface area (TPSA) is 38.7 Å². The van der Waals surface area contributed by atoms with E-state index in [1.165, 1.54) is 0 Å². The Kier molecular flexibility index (Phi) is 2.47. The summed E-state index contributed by atoms with van der Waals surface area (Å²) in [5, 5.41) is 9.12. The van der Waals surface area contributed by atoms with E-state index in [9.17, 15) is 0 Å². The van der Waals surface area contributed by atoms with Gasteiger partial charge in [0.25, 0.3) is 0 Å². The highest BCUT2D eigenvalue weighted by atomic mass is 16.7. The molecule has 0 aromatic rings. The lowest BCUT2D eigenvalue weighted by Gasteiger charge is -2.45. The summed E-state index contributed by atoms with van der Waals surface area (Å²) in [6.45, 7) is 7.70. The van der Waals surface area contributed by atoms with Crippen LogP contribution < -0.4 is 0 Å². The van der Waals surface area contributed by atoms with E-state index in [2.05, 4.69) is 0 Å². The number of ether oxygens (including phenoxy) is 2. The van der Waals surface area contributed by atoms with E-state index >= 15 is 0 Å². The van der Waals surface area contributed by atoms with Crippen LogP contribution in [0.4, 0.5) is 0 Å². The smallest absolute Gasteiger partial charge is 0.163 e. The van der Waals surface area contributed by atoms with E-state index in [4.69, 9.17) is 14.6 Å². The van der Waals surface area contributed by atoms with Gasteiger partial charge in [0.15, 0.2) is 5.79 Å². The fourth-order valence-electron chi connectivity index (χ4n) is 1.89. The van der Waals surface area contributed by atoms with Gasteiger partial charge in [-0.05, 0) is 27.7 Å². The molecule has 0 spiro atoms. The van der Waals surface area contributed by atoms with Gasteiger partial charge in [-0.25, -0.2) is 0 Å². The summed E-state index contributed by atoms with van der Waals surface area (Å²) in [6, 6.07) is 0. The normalized spacial score (nSPS) is 41.2. The highest BCUT2D eigenvalue weighted by molar-refractivity contribution is 4.84. The molecule has 72 valence electrons. The van der Waals surface area contributed by atoms with Crippen molar-refractivity contribution >= 4 is 0 Å². The summed E-state index contributed by atoms with van der Waals surface area (Å²) < 4.78 is 11.1. The molecule has 0 amide bonds. The van der Waals surface area contributed by atoms with Crippen molar-refractivity contribution in [3.63, 3.8) is 0 Å². The molecule has 0 bridgehead atoms. The van der Waals surface area contributed by atoms with Gasteiger partial charge in [0, 0.05) is 6.42 Å². The fourth-order valence-corrected chi connectivity index (χ4v) is 1.89. The van der Waals surface area contributed by atoms with Gasteiger partial charge in [-0.3, -0.25) is 0 Å². The van der Waals surface area contributed by atoms with E-state index in [-0.39, 0.29) is 12.7 Å². The standard InChI is InChI=1S/C9H18O3/c1-7-5-9(4,6-10)12-8(2,3)11-7/h7,10H,5-6H2,1-4H3/t7-,9+/m1/s1. The molecule has 0 saturated carbocycles. The first kappa shape index (κ1) is 9.96. The SMILES string of the molecule is C[C@@H]1C[C@@](C)(CO)OC(C)(C)O1. The Morgan fingerprint density at radius 1 is 1.42 bits per heavy atom. The highest BCUT2D eigenvalue weighted by Gasteiger charge is 2.40. The number of rotatable bonds is 1. The highest BCUT2D eigenvalue weighted by Crippen LogP contribution is 2.33. The minimum absolute atomic E-state index is 0.0458. The third-order valence-electron chi connectivity index (χ3n) is 2.03. The minimum Gasteiger partial charge on any atom is -0.393 e. The monoisotopic (exact) mass is 174 g/mol. The van der Waals surface area contributed by atoms with Gasteiger partial charge in [-0.1, -0.05) is 0 Å². The van der Waals surface area contributed by atoms with E-state index < -0.39 is 11.4 Å². The van der Waals surface area contributed by atoms with Gasteiger partial charge < -0.3 is 14.6 Å². The second-order valence-electron chi connectivity index (χ2n) is 4.24. The van der Waals surface area contributed by atoms with Crippen molar-refractivity contribution in [3.05, 3.63) is 0 Å². The van der Waals surface area contributed by atoms with Crippen LogP contribution in [0.15, 0.2) is 0 Å². The van der Waals surface area contributed by atoms with Crippen molar-refractivity contribution in [1.82, 2.24) is 0 Å². The van der Waals surface area contributed by atoms with E-state index in [1.54, 1.807) is 0 Å². The van der Waals surface area contributed by atoms with Crippen LogP contribution in [-0.2, 0) is 9.47 Å². The summed E-state index contributed by atoms with van der Waals surface area (Å²) in [4.78, 5) is 0. The second kappa shape index (κ2) is 2.98. The molecule has 1 heterocycles. The van der Waals surface area contributed by atoms with Crippen molar-refractivity contribution in [1.29, 1.82) is 0 Å². The summed E-state index contributed by atoms with van der Waals surface area (Å²) in [6.07, 6.45) is 0.887. The predicted octanol–water partition coefficient (Wildman–Crippen LogP) is 1.30. The molecule has 1 fully saturated rings. The maximum atomic E-state index is 9.12. The van der Waals surface area contributed by atoms with Crippen molar-refractivity contribution < 1.29 is 14.6 Å². The molecule has 12 heavy (non-hydrogen) atoms. The van der Waals surface area contributed by atoms with Crippen LogP contribution >= 0.6 is 0 Å². The number of aliphatic hydroxyl groups is 1. The maximum absolute atomic E-state index is 9.12. The molecule has 0 aromatic carbocycles. The van der Waals surface area contributed by atoms with Crippen LogP contribution in [0.3, 0.4) is 0 Å². The van der Waals surface area contributed by atoms with Gasteiger partial charge in [0.2, 0.25) is 0 Å². The summed E-state index contributed by atoms with van der Waals surface area (Å²) >= 11 is 0. The third-order valence-corrected chi connectivity index (χ3v) is 2.03. The Morgan fingerprint density at radius 3 is 2.42 bits per heavy atom. The predicted molar refractivity (Wildman–Crippen MR) is 45.8 cm³/mol. The molecule has 0 unspecified atom stereocenters. The van der Waals surface area contributed by atoms with Crippen LogP contribution in [0.2, 0.25) is 0 Å². The van der Waals surface area contributed by atoms with Crippen LogP contribution in [0.5, 0.6) is 0 Å². The quantitative estimate of drug-likeness (QED) is 0.651. The molecule has 3 heteroatoms. The zero-order valence-electron chi connectivity index (χ0n) is 8.26. The van der Waals surface area contributed by atoms with Crippen LogP contribution in [0.1, 0.15) is 34.1 Å². The first-order valence-corrected chi connectivity index (χ1v) is 4.36. The minimum atomic E-state index is -0.574. The average molecular weight is 174 g/mol. The van der Waals surface area contributed by atoms with Crippen LogP contribution in [0, 0.1) is 0 Å². The van der Waals surface area contributed by atoms with Gasteiger partial charge in [0.1, 0.15) is 0 Å². The molecule has 2 atom stereocenters. The number of aliphatic hydroxyl groups excluding tert-OH is 1. The summed E-state index contributed by atoms with van der Waals surface area (Å²) in [5.41, 5.74) is -0.443. The first-order valence-electron chi connectivity index (χ1n) is 4.36. The molecule has 1 aliphatic rings. The van der Waals surface area contributed by atoms with Gasteiger partial charge in [-0.2, -0.15) is 0 Å². The van der Waals surface area contributed by atoms with E-state index in [1.807, 2.05) is 27.7 Å². The molecule has 1 aliphatic heterocycles. The Labute approximate surface area is 73.7 Å². The number of hydrogen-bond acceptors (Lipinski definition) is 3.